The van der Waals surface area contributed by atoms with Crippen molar-refractivity contribution in [2.75, 3.05) is 6.54 Å². The summed E-state index contributed by atoms with van der Waals surface area (Å²) in [5.74, 6) is 1.01. The molecule has 0 saturated heterocycles. The van der Waals surface area contributed by atoms with Gasteiger partial charge in [-0.15, -0.1) is 0 Å². The molecule has 31 heavy (non-hydrogen) atoms. The zero-order valence-corrected chi connectivity index (χ0v) is 18.2. The Hall–Kier alpha value is -2.48. The van der Waals surface area contributed by atoms with Crippen LogP contribution in [0, 0.1) is 5.82 Å². The average molecular weight is 428 g/mol. The molecule has 0 bridgehead atoms. The van der Waals surface area contributed by atoms with E-state index in [1.165, 1.54) is 6.07 Å². The SMILES string of the molecule is C=C(C)c1ccn(C2CC(Oc3ccc(F)c4c3[C@@H](C)NCC4)[C@@H](O)[C@H]2O)c1/N=C\C. The highest BCUT2D eigenvalue weighted by Gasteiger charge is 2.45. The molecule has 2 aliphatic rings. The first-order valence-electron chi connectivity index (χ1n) is 10.8. The molecule has 166 valence electrons. The smallest absolute Gasteiger partial charge is 0.140 e. The van der Waals surface area contributed by atoms with Crippen LogP contribution in [0.15, 0.2) is 36.0 Å². The highest BCUT2D eigenvalue weighted by molar-refractivity contribution is 5.73. The van der Waals surface area contributed by atoms with E-state index in [1.807, 2.05) is 37.6 Å². The van der Waals surface area contributed by atoms with Crippen molar-refractivity contribution in [3.8, 4) is 5.75 Å². The number of nitrogens with zero attached hydrogens (tertiary/aromatic N) is 2. The summed E-state index contributed by atoms with van der Waals surface area (Å²) in [4.78, 5) is 4.47. The largest absolute Gasteiger partial charge is 0.487 e. The van der Waals surface area contributed by atoms with Gasteiger partial charge in [-0.2, -0.15) is 0 Å². The van der Waals surface area contributed by atoms with Crippen molar-refractivity contribution >= 4 is 17.6 Å². The lowest BCUT2D eigenvalue weighted by atomic mass is 9.93. The molecular formula is C24H30FN3O3. The van der Waals surface area contributed by atoms with E-state index in [1.54, 1.807) is 12.3 Å². The van der Waals surface area contributed by atoms with Gasteiger partial charge in [0.05, 0.1) is 6.04 Å². The lowest BCUT2D eigenvalue weighted by Crippen LogP contribution is -2.35. The summed E-state index contributed by atoms with van der Waals surface area (Å²) < 4.78 is 22.4. The molecule has 1 aromatic heterocycles. The molecule has 0 spiro atoms. The molecule has 6 nitrogen and oxygen atoms in total. The minimum Gasteiger partial charge on any atom is -0.487 e. The van der Waals surface area contributed by atoms with Gasteiger partial charge in [0, 0.05) is 36.0 Å². The first-order valence-corrected chi connectivity index (χ1v) is 10.8. The van der Waals surface area contributed by atoms with Crippen LogP contribution in [-0.2, 0) is 6.42 Å². The summed E-state index contributed by atoms with van der Waals surface area (Å²) in [5, 5.41) is 24.9. The maximum Gasteiger partial charge on any atom is 0.140 e. The number of aliphatic hydroxyl groups excluding tert-OH is 2. The number of ether oxygens (including phenoxy) is 1. The van der Waals surface area contributed by atoms with E-state index < -0.39 is 24.4 Å². The van der Waals surface area contributed by atoms with Crippen molar-refractivity contribution in [2.45, 2.75) is 64.0 Å². The Morgan fingerprint density at radius 3 is 2.81 bits per heavy atom. The molecule has 0 amide bonds. The zero-order valence-electron chi connectivity index (χ0n) is 18.2. The number of fused-ring (bicyclic) bond motifs is 1. The van der Waals surface area contributed by atoms with Crippen LogP contribution in [-0.4, -0.2) is 45.9 Å². The summed E-state index contributed by atoms with van der Waals surface area (Å²) >= 11 is 0. The molecule has 1 fully saturated rings. The molecule has 1 aromatic carbocycles. The van der Waals surface area contributed by atoms with E-state index in [0.29, 0.717) is 36.5 Å². The molecule has 1 saturated carbocycles. The van der Waals surface area contributed by atoms with E-state index in [9.17, 15) is 14.6 Å². The molecule has 2 heterocycles. The fourth-order valence-corrected chi connectivity index (χ4v) is 4.79. The molecule has 3 N–H and O–H groups in total. The Kier molecular flexibility index (Phi) is 6.01. The second-order valence-corrected chi connectivity index (χ2v) is 8.43. The van der Waals surface area contributed by atoms with Crippen LogP contribution in [0.25, 0.3) is 5.57 Å². The Morgan fingerprint density at radius 2 is 2.10 bits per heavy atom. The van der Waals surface area contributed by atoms with Crippen LogP contribution in [0.3, 0.4) is 0 Å². The molecule has 5 atom stereocenters. The van der Waals surface area contributed by atoms with Crippen LogP contribution in [0.4, 0.5) is 10.2 Å². The molecule has 7 heteroatoms. The second-order valence-electron chi connectivity index (χ2n) is 8.43. The lowest BCUT2D eigenvalue weighted by molar-refractivity contribution is -0.0169. The minimum atomic E-state index is -1.08. The van der Waals surface area contributed by atoms with Gasteiger partial charge in [-0.3, -0.25) is 0 Å². The van der Waals surface area contributed by atoms with Crippen LogP contribution < -0.4 is 10.1 Å². The number of benzene rings is 1. The maximum atomic E-state index is 14.3. The van der Waals surface area contributed by atoms with Crippen molar-refractivity contribution in [3.05, 3.63) is 53.5 Å². The van der Waals surface area contributed by atoms with E-state index in [-0.39, 0.29) is 11.9 Å². The fraction of sp³-hybridized carbons (Fsp3) is 0.458. The lowest BCUT2D eigenvalue weighted by Gasteiger charge is -2.28. The number of rotatable bonds is 5. The Morgan fingerprint density at radius 1 is 1.32 bits per heavy atom. The second kappa shape index (κ2) is 8.57. The molecule has 1 aliphatic heterocycles. The highest BCUT2D eigenvalue weighted by Crippen LogP contribution is 2.41. The number of hydrogen-bond acceptors (Lipinski definition) is 5. The van der Waals surface area contributed by atoms with Crippen molar-refractivity contribution in [3.63, 3.8) is 0 Å². The Balaban J connectivity index is 1.64. The van der Waals surface area contributed by atoms with Crippen molar-refractivity contribution in [1.82, 2.24) is 9.88 Å². The maximum absolute atomic E-state index is 14.3. The number of allylic oxidation sites excluding steroid dienone is 1. The summed E-state index contributed by atoms with van der Waals surface area (Å²) in [5.41, 5.74) is 3.22. The summed E-state index contributed by atoms with van der Waals surface area (Å²) in [6.07, 6.45) is 1.82. The Bertz CT molecular complexity index is 1020. The highest BCUT2D eigenvalue weighted by atomic mass is 19.1. The number of nitrogens with one attached hydrogen (secondary N) is 1. The van der Waals surface area contributed by atoms with E-state index in [0.717, 1.165) is 16.7 Å². The fourth-order valence-electron chi connectivity index (χ4n) is 4.79. The van der Waals surface area contributed by atoms with Crippen LogP contribution >= 0.6 is 0 Å². The Labute approximate surface area is 182 Å². The summed E-state index contributed by atoms with van der Waals surface area (Å²) in [6, 6.07) is 4.49. The third kappa shape index (κ3) is 3.82. The van der Waals surface area contributed by atoms with Crippen LogP contribution in [0.2, 0.25) is 0 Å². The normalized spacial score (nSPS) is 28.1. The number of hydrogen-bond donors (Lipinski definition) is 3. The van der Waals surface area contributed by atoms with Gasteiger partial charge in [-0.05, 0) is 63.1 Å². The van der Waals surface area contributed by atoms with Crippen LogP contribution in [0.5, 0.6) is 5.75 Å². The molecule has 1 aliphatic carbocycles. The van der Waals surface area contributed by atoms with Crippen LogP contribution in [0.1, 0.15) is 56.0 Å². The van der Waals surface area contributed by atoms with E-state index in [2.05, 4.69) is 16.9 Å². The monoisotopic (exact) mass is 427 g/mol. The van der Waals surface area contributed by atoms with Crippen molar-refractivity contribution in [1.29, 1.82) is 0 Å². The molecule has 4 rings (SSSR count). The van der Waals surface area contributed by atoms with Crippen molar-refractivity contribution in [2.24, 2.45) is 4.99 Å². The molecule has 2 aromatic rings. The molecule has 2 unspecified atom stereocenters. The van der Waals surface area contributed by atoms with E-state index in [4.69, 9.17) is 4.74 Å². The number of halogens is 1. The standard InChI is InChI=1S/C24H30FN3O3/c1-5-26-24-15(13(2)3)9-11-28(24)18-12-20(23(30)22(18)29)31-19-7-6-17(25)16-8-10-27-14(4)21(16)19/h5-7,9,11,14,18,20,22-23,27,29-30H,2,8,10,12H2,1,3-4H3/b26-5-/t14-,18?,20?,22+,23-/m1/s1. The average Bonchev–Trinajstić information content (AvgIpc) is 3.27. The van der Waals surface area contributed by atoms with Gasteiger partial charge in [0.2, 0.25) is 0 Å². The van der Waals surface area contributed by atoms with Gasteiger partial charge >= 0.3 is 0 Å². The molecular weight excluding hydrogens is 397 g/mol. The third-order valence-corrected chi connectivity index (χ3v) is 6.35. The topological polar surface area (TPSA) is 79.0 Å². The van der Waals surface area contributed by atoms with Gasteiger partial charge < -0.3 is 24.8 Å². The first kappa shape index (κ1) is 21.7. The number of aliphatic imine (C=N–C) groups is 1. The van der Waals surface area contributed by atoms with Gasteiger partial charge in [-0.1, -0.05) is 6.58 Å². The zero-order chi connectivity index (χ0) is 22.3. The minimum absolute atomic E-state index is 0.0539. The predicted octanol–water partition coefficient (Wildman–Crippen LogP) is 3.70. The summed E-state index contributed by atoms with van der Waals surface area (Å²) in [6.45, 7) is 10.4. The number of aliphatic hydroxyl groups is 2. The van der Waals surface area contributed by atoms with Gasteiger partial charge in [-0.25, -0.2) is 9.38 Å². The number of aromatic nitrogens is 1. The summed E-state index contributed by atoms with van der Waals surface area (Å²) in [7, 11) is 0. The van der Waals surface area contributed by atoms with Gasteiger partial charge in [0.25, 0.3) is 0 Å². The quantitative estimate of drug-likeness (QED) is 0.636. The molecule has 0 radical (unpaired) electrons. The first-order chi connectivity index (χ1) is 14.8. The third-order valence-electron chi connectivity index (χ3n) is 6.35. The predicted molar refractivity (Wildman–Crippen MR) is 120 cm³/mol. The van der Waals surface area contributed by atoms with Gasteiger partial charge in [0.1, 0.15) is 35.7 Å². The van der Waals surface area contributed by atoms with E-state index >= 15 is 0 Å². The van der Waals surface area contributed by atoms with Crippen molar-refractivity contribution < 1.29 is 19.3 Å². The van der Waals surface area contributed by atoms with Gasteiger partial charge in [0.15, 0.2) is 0 Å².